The summed E-state index contributed by atoms with van der Waals surface area (Å²) in [6, 6.07) is 0. The van der Waals surface area contributed by atoms with Crippen LogP contribution in [0.2, 0.25) is 0 Å². The molecule has 0 unspecified atom stereocenters. The summed E-state index contributed by atoms with van der Waals surface area (Å²) in [5.41, 5.74) is 3.68. The fourth-order valence-electron chi connectivity index (χ4n) is 5.31. The second-order valence-electron chi connectivity index (χ2n) is 7.50. The van der Waals surface area contributed by atoms with Crippen molar-refractivity contribution in [3.63, 3.8) is 0 Å². The van der Waals surface area contributed by atoms with Gasteiger partial charge in [0.25, 0.3) is 0 Å². The second-order valence-corrected chi connectivity index (χ2v) is 11.0. The molecule has 134 valence electrons. The molecular weight excluding hydrogens is 401 g/mol. The van der Waals surface area contributed by atoms with Gasteiger partial charge in [0.15, 0.2) is 0 Å². The van der Waals surface area contributed by atoms with E-state index in [0.717, 1.165) is 0 Å². The summed E-state index contributed by atoms with van der Waals surface area (Å²) in [6.45, 7) is 0. The normalized spacial score (nSPS) is 25.3. The van der Waals surface area contributed by atoms with Crippen LogP contribution in [-0.4, -0.2) is 17.0 Å². The van der Waals surface area contributed by atoms with Gasteiger partial charge in [-0.2, -0.15) is 0 Å². The van der Waals surface area contributed by atoms with Crippen molar-refractivity contribution in [2.24, 2.45) is 0 Å². The predicted molar refractivity (Wildman–Crippen MR) is 101 cm³/mol. The van der Waals surface area contributed by atoms with Crippen LogP contribution in [0.15, 0.2) is 0 Å². The van der Waals surface area contributed by atoms with E-state index in [4.69, 9.17) is 0 Å². The summed E-state index contributed by atoms with van der Waals surface area (Å²) < 4.78 is 0. The van der Waals surface area contributed by atoms with Crippen molar-refractivity contribution in [1.29, 1.82) is 0 Å². The Bertz CT molecular complexity index is 213. The molecule has 0 bridgehead atoms. The average molecular weight is 438 g/mol. The molecule has 0 aromatic carbocycles. The Balaban J connectivity index is 0.000000775. The molecule has 22 heavy (non-hydrogen) atoms. The Morgan fingerprint density at radius 2 is 0.727 bits per heavy atom. The van der Waals surface area contributed by atoms with Crippen molar-refractivity contribution in [2.75, 3.05) is 0 Å². The van der Waals surface area contributed by atoms with Gasteiger partial charge >= 0.3 is 27.7 Å². The van der Waals surface area contributed by atoms with Gasteiger partial charge in [-0.05, 0) is 77.0 Å². The van der Waals surface area contributed by atoms with E-state index in [1.165, 1.54) is 17.0 Å². The molecule has 0 aromatic rings. The third kappa shape index (κ3) is 6.36. The van der Waals surface area contributed by atoms with E-state index in [-0.39, 0.29) is 15.3 Å². The molecule has 3 aliphatic carbocycles. The van der Waals surface area contributed by atoms with E-state index >= 15 is 0 Å². The molecule has 3 rings (SSSR count). The van der Waals surface area contributed by atoms with Gasteiger partial charge in [0.2, 0.25) is 0 Å². The Kier molecular flexibility index (Phi) is 12.4. The van der Waals surface area contributed by atoms with Crippen LogP contribution < -0.4 is 0 Å². The molecule has 3 heteroatoms. The summed E-state index contributed by atoms with van der Waals surface area (Å²) in [6.07, 6.45) is 23.8. The monoisotopic (exact) mass is 437 g/mol. The van der Waals surface area contributed by atoms with Crippen LogP contribution >= 0.6 is 17.5 Å². The van der Waals surface area contributed by atoms with Gasteiger partial charge in [0, 0.05) is 7.92 Å². The van der Waals surface area contributed by atoms with Crippen molar-refractivity contribution in [3.05, 3.63) is 7.43 Å². The summed E-state index contributed by atoms with van der Waals surface area (Å²) in [5.74, 6) is 0. The topological polar surface area (TPSA) is 0 Å². The van der Waals surface area contributed by atoms with Crippen molar-refractivity contribution >= 4 is 17.5 Å². The van der Waals surface area contributed by atoms with Crippen LogP contribution in [0.4, 0.5) is 0 Å². The molecule has 0 saturated heterocycles. The van der Waals surface area contributed by atoms with Crippen LogP contribution in [0.1, 0.15) is 96.3 Å². The summed E-state index contributed by atoms with van der Waals surface area (Å²) in [7, 11) is 4.44. The van der Waals surface area contributed by atoms with Gasteiger partial charge in [-0.1, -0.05) is 19.3 Å². The molecule has 0 heterocycles. The summed E-state index contributed by atoms with van der Waals surface area (Å²) >= 11 is 2.22. The first-order valence-electron chi connectivity index (χ1n) is 9.44. The summed E-state index contributed by atoms with van der Waals surface area (Å²) in [4.78, 5) is 0. The quantitative estimate of drug-likeness (QED) is 0.246. The van der Waals surface area contributed by atoms with Gasteiger partial charge in [0.05, 0.1) is 17.0 Å². The molecule has 0 spiro atoms. The van der Waals surface area contributed by atoms with Crippen LogP contribution in [0.25, 0.3) is 0 Å². The fourth-order valence-corrected chi connectivity index (χ4v) is 10.5. The zero-order valence-electron chi connectivity index (χ0n) is 14.5. The van der Waals surface area contributed by atoms with Crippen LogP contribution in [-0.2, 0) is 18.2 Å². The van der Waals surface area contributed by atoms with Gasteiger partial charge < -0.3 is 7.43 Å². The molecule has 0 aliphatic heterocycles. The molecule has 0 radical (unpaired) electrons. The Labute approximate surface area is 156 Å². The fraction of sp³-hybridized carbons (Fsp3) is 0.947. The molecule has 0 amide bonds. The Morgan fingerprint density at radius 1 is 0.500 bits per heavy atom. The predicted octanol–water partition coefficient (Wildman–Crippen LogP) is 7.34. The molecule has 0 N–H and O–H groups in total. The third-order valence-corrected chi connectivity index (χ3v) is 10.8. The van der Waals surface area contributed by atoms with Crippen molar-refractivity contribution < 1.29 is 18.2 Å². The van der Waals surface area contributed by atoms with E-state index < -0.39 is 0 Å². The SMILES string of the molecule is C1CCC([PH+](C2CCCCC2)C2CCCCC2)CC1.[CH3-].[Cl][Pd+]. The molecular formula is C19H37ClPPd+. The molecule has 0 aromatic heterocycles. The van der Waals surface area contributed by atoms with Crippen molar-refractivity contribution in [1.82, 2.24) is 0 Å². The number of rotatable bonds is 3. The van der Waals surface area contributed by atoms with Gasteiger partial charge in [-0.25, -0.2) is 0 Å². The van der Waals surface area contributed by atoms with E-state index in [1.54, 1.807) is 96.3 Å². The van der Waals surface area contributed by atoms with E-state index in [0.29, 0.717) is 0 Å². The zero-order valence-corrected chi connectivity index (χ0v) is 17.8. The zero-order chi connectivity index (χ0) is 14.9. The van der Waals surface area contributed by atoms with Crippen LogP contribution in [0.3, 0.4) is 0 Å². The number of halogens is 1. The molecule has 3 saturated carbocycles. The average Bonchev–Trinajstić information content (AvgIpc) is 2.60. The number of hydrogen-bond acceptors (Lipinski definition) is 0. The van der Waals surface area contributed by atoms with Crippen LogP contribution in [0.5, 0.6) is 0 Å². The van der Waals surface area contributed by atoms with E-state index in [2.05, 4.69) is 27.7 Å². The minimum atomic E-state index is -0.0465. The maximum atomic E-state index is 4.49. The molecule has 0 nitrogen and oxygen atoms in total. The minimum absolute atomic E-state index is 0. The number of hydrogen-bond donors (Lipinski definition) is 0. The molecule has 3 fully saturated rings. The molecule has 0 atom stereocenters. The first-order valence-corrected chi connectivity index (χ1v) is 13.2. The van der Waals surface area contributed by atoms with Gasteiger partial charge in [-0.15, -0.1) is 0 Å². The first-order chi connectivity index (χ1) is 10.4. The van der Waals surface area contributed by atoms with E-state index in [1.807, 2.05) is 0 Å². The standard InChI is InChI=1S/C18H33P.CH3.ClH.Pd/c1-4-10-16(11-5-1)19(17-12-6-2-7-13-17)18-14-8-3-9-15-18;;;/h16-18H,1-15H2;1H3;1H;/q;-1;;+2. The molecule has 3 aliphatic rings. The summed E-state index contributed by atoms with van der Waals surface area (Å²) in [5, 5.41) is 0. The van der Waals surface area contributed by atoms with Gasteiger partial charge in [-0.3, -0.25) is 0 Å². The Hall–Kier alpha value is 1.38. The Morgan fingerprint density at radius 3 is 0.955 bits per heavy atom. The first kappa shape index (κ1) is 21.4. The third-order valence-electron chi connectivity index (χ3n) is 6.23. The van der Waals surface area contributed by atoms with Crippen molar-refractivity contribution in [3.8, 4) is 0 Å². The van der Waals surface area contributed by atoms with Crippen molar-refractivity contribution in [2.45, 2.75) is 113 Å². The second kappa shape index (κ2) is 12.7. The van der Waals surface area contributed by atoms with Gasteiger partial charge in [0.1, 0.15) is 0 Å². The maximum absolute atomic E-state index is 4.49. The van der Waals surface area contributed by atoms with Crippen LogP contribution in [0, 0.1) is 7.43 Å². The van der Waals surface area contributed by atoms with E-state index in [9.17, 15) is 0 Å².